The van der Waals surface area contributed by atoms with Gasteiger partial charge in [-0.1, -0.05) is 13.8 Å². The number of nitrogens with zero attached hydrogens (tertiary/aromatic N) is 8. The SMILES string of the molecule is Cn1cc(-c2cn3nccc3c(-c3cnn(C4(CC#N)CC(C)(C)C4)c3)n2)cn1. The Kier molecular flexibility index (Phi) is 3.65. The molecule has 8 nitrogen and oxygen atoms in total. The van der Waals surface area contributed by atoms with Crippen LogP contribution in [0.2, 0.25) is 0 Å². The summed E-state index contributed by atoms with van der Waals surface area (Å²) in [7, 11) is 1.88. The average Bonchev–Trinajstić information content (AvgIpc) is 3.39. The van der Waals surface area contributed by atoms with Crippen LogP contribution in [0.1, 0.15) is 33.1 Å². The summed E-state index contributed by atoms with van der Waals surface area (Å²) in [4.78, 5) is 4.91. The zero-order valence-corrected chi connectivity index (χ0v) is 16.7. The van der Waals surface area contributed by atoms with Gasteiger partial charge in [0.15, 0.2) is 0 Å². The van der Waals surface area contributed by atoms with Gasteiger partial charge < -0.3 is 0 Å². The summed E-state index contributed by atoms with van der Waals surface area (Å²) in [6.07, 6.45) is 13.6. The van der Waals surface area contributed by atoms with Gasteiger partial charge >= 0.3 is 0 Å². The summed E-state index contributed by atoms with van der Waals surface area (Å²) >= 11 is 0. The molecule has 5 rings (SSSR count). The van der Waals surface area contributed by atoms with Crippen molar-refractivity contribution in [1.29, 1.82) is 5.26 Å². The van der Waals surface area contributed by atoms with E-state index in [9.17, 15) is 5.26 Å². The highest BCUT2D eigenvalue weighted by atomic mass is 15.3. The number of aryl methyl sites for hydroxylation is 1. The topological polar surface area (TPSA) is 89.6 Å². The number of hydrogen-bond acceptors (Lipinski definition) is 5. The summed E-state index contributed by atoms with van der Waals surface area (Å²) in [5, 5.41) is 22.7. The van der Waals surface area contributed by atoms with Crippen LogP contribution >= 0.6 is 0 Å². The molecule has 0 radical (unpaired) electrons. The highest BCUT2D eigenvalue weighted by Crippen LogP contribution is 2.54. The van der Waals surface area contributed by atoms with Gasteiger partial charge in [-0.15, -0.1) is 0 Å². The molecule has 1 saturated carbocycles. The van der Waals surface area contributed by atoms with Crippen molar-refractivity contribution >= 4 is 5.52 Å². The number of fused-ring (bicyclic) bond motifs is 1. The van der Waals surface area contributed by atoms with Crippen molar-refractivity contribution in [2.45, 2.75) is 38.6 Å². The number of hydrogen-bond donors (Lipinski definition) is 0. The van der Waals surface area contributed by atoms with E-state index >= 15 is 0 Å². The van der Waals surface area contributed by atoms with Crippen molar-refractivity contribution in [3.63, 3.8) is 0 Å². The molecule has 1 fully saturated rings. The third-order valence-electron chi connectivity index (χ3n) is 5.76. The predicted molar refractivity (Wildman–Crippen MR) is 108 cm³/mol. The first-order valence-electron chi connectivity index (χ1n) is 9.65. The Bertz CT molecular complexity index is 1240. The van der Waals surface area contributed by atoms with E-state index in [2.05, 4.69) is 35.2 Å². The number of rotatable bonds is 4. The Balaban J connectivity index is 1.60. The molecular weight excluding hydrogens is 364 g/mol. The normalized spacial score (nSPS) is 17.2. The molecule has 0 unspecified atom stereocenters. The molecule has 0 amide bonds. The van der Waals surface area contributed by atoms with Gasteiger partial charge in [0.1, 0.15) is 0 Å². The predicted octanol–water partition coefficient (Wildman–Crippen LogP) is 3.42. The molecule has 0 aromatic carbocycles. The quantitative estimate of drug-likeness (QED) is 0.536. The molecule has 1 aliphatic carbocycles. The largest absolute Gasteiger partial charge is 0.275 e. The van der Waals surface area contributed by atoms with Gasteiger partial charge in [0, 0.05) is 30.6 Å². The Morgan fingerprint density at radius 3 is 2.55 bits per heavy atom. The fourth-order valence-electron chi connectivity index (χ4n) is 4.78. The van der Waals surface area contributed by atoms with Gasteiger partial charge in [0.05, 0.1) is 59.7 Å². The molecule has 1 aliphatic rings. The highest BCUT2D eigenvalue weighted by molar-refractivity contribution is 5.78. The van der Waals surface area contributed by atoms with Gasteiger partial charge in [0.25, 0.3) is 0 Å². The maximum Gasteiger partial charge on any atom is 0.0999 e. The van der Waals surface area contributed by atoms with Crippen LogP contribution in [0.4, 0.5) is 0 Å². The van der Waals surface area contributed by atoms with Crippen LogP contribution in [0.25, 0.3) is 28.0 Å². The van der Waals surface area contributed by atoms with Gasteiger partial charge in [-0.05, 0) is 24.3 Å². The Labute approximate surface area is 168 Å². The van der Waals surface area contributed by atoms with Crippen molar-refractivity contribution < 1.29 is 0 Å². The van der Waals surface area contributed by atoms with E-state index < -0.39 is 0 Å². The van der Waals surface area contributed by atoms with E-state index in [4.69, 9.17) is 4.98 Å². The summed E-state index contributed by atoms with van der Waals surface area (Å²) < 4.78 is 5.56. The van der Waals surface area contributed by atoms with Crippen LogP contribution < -0.4 is 0 Å². The van der Waals surface area contributed by atoms with Gasteiger partial charge in [0.2, 0.25) is 0 Å². The fourth-order valence-corrected chi connectivity index (χ4v) is 4.78. The molecule has 0 aliphatic heterocycles. The second kappa shape index (κ2) is 6.01. The molecule has 0 spiro atoms. The maximum absolute atomic E-state index is 9.38. The van der Waals surface area contributed by atoms with Crippen LogP contribution in [0.15, 0.2) is 43.2 Å². The Morgan fingerprint density at radius 2 is 1.86 bits per heavy atom. The minimum Gasteiger partial charge on any atom is -0.275 e. The van der Waals surface area contributed by atoms with Crippen molar-refractivity contribution in [3.8, 4) is 28.6 Å². The van der Waals surface area contributed by atoms with E-state index in [1.165, 1.54) is 0 Å². The van der Waals surface area contributed by atoms with E-state index in [1.54, 1.807) is 17.1 Å². The summed E-state index contributed by atoms with van der Waals surface area (Å²) in [5.74, 6) is 0. The molecule has 0 atom stereocenters. The van der Waals surface area contributed by atoms with E-state index in [1.807, 2.05) is 47.1 Å². The smallest absolute Gasteiger partial charge is 0.0999 e. The van der Waals surface area contributed by atoms with Gasteiger partial charge in [-0.2, -0.15) is 20.6 Å². The molecule has 8 heteroatoms. The molecule has 4 heterocycles. The maximum atomic E-state index is 9.38. The molecule has 0 bridgehead atoms. The van der Waals surface area contributed by atoms with Crippen LogP contribution in [-0.4, -0.2) is 34.2 Å². The third-order valence-corrected chi connectivity index (χ3v) is 5.76. The van der Waals surface area contributed by atoms with Crippen molar-refractivity contribution in [2.75, 3.05) is 0 Å². The van der Waals surface area contributed by atoms with Crippen LogP contribution in [-0.2, 0) is 12.6 Å². The second-order valence-corrected chi connectivity index (χ2v) is 8.79. The standard InChI is InChI=1S/C21H22N8/c1-20(2)13-21(14-20,5-6-22)29-11-16(9-25-29)19-18-4-7-23-28(18)12-17(26-19)15-8-24-27(3)10-15/h4,7-12H,5,13-14H2,1-3H3. The number of nitriles is 1. The number of aromatic nitrogens is 7. The molecule has 4 aromatic heterocycles. The van der Waals surface area contributed by atoms with E-state index in [0.717, 1.165) is 40.9 Å². The first-order valence-corrected chi connectivity index (χ1v) is 9.65. The zero-order valence-electron chi connectivity index (χ0n) is 16.7. The lowest BCUT2D eigenvalue weighted by molar-refractivity contribution is -0.00714. The Morgan fingerprint density at radius 1 is 1.07 bits per heavy atom. The monoisotopic (exact) mass is 386 g/mol. The minimum atomic E-state index is -0.228. The first-order chi connectivity index (χ1) is 13.9. The lowest BCUT2D eigenvalue weighted by atomic mass is 9.58. The summed E-state index contributed by atoms with van der Waals surface area (Å²) in [6.45, 7) is 4.48. The fraction of sp³-hybridized carbons (Fsp3) is 0.381. The molecule has 146 valence electrons. The van der Waals surface area contributed by atoms with Gasteiger partial charge in [-0.3, -0.25) is 9.36 Å². The molecule has 0 N–H and O–H groups in total. The van der Waals surface area contributed by atoms with Crippen molar-refractivity contribution in [3.05, 3.63) is 43.2 Å². The van der Waals surface area contributed by atoms with E-state index in [-0.39, 0.29) is 11.0 Å². The molecular formula is C21H22N8. The Hall–Kier alpha value is -3.47. The van der Waals surface area contributed by atoms with Crippen LogP contribution in [0.3, 0.4) is 0 Å². The molecule has 29 heavy (non-hydrogen) atoms. The summed E-state index contributed by atoms with van der Waals surface area (Å²) in [5.41, 5.74) is 4.40. The highest BCUT2D eigenvalue weighted by Gasteiger charge is 2.51. The van der Waals surface area contributed by atoms with Crippen molar-refractivity contribution in [1.82, 2.24) is 34.2 Å². The lowest BCUT2D eigenvalue weighted by Crippen LogP contribution is -2.50. The van der Waals surface area contributed by atoms with Gasteiger partial charge in [-0.25, -0.2) is 9.50 Å². The van der Waals surface area contributed by atoms with E-state index in [0.29, 0.717) is 6.42 Å². The minimum absolute atomic E-state index is 0.228. The van der Waals surface area contributed by atoms with Crippen molar-refractivity contribution in [2.24, 2.45) is 12.5 Å². The average molecular weight is 386 g/mol. The zero-order chi connectivity index (χ0) is 20.2. The third kappa shape index (κ3) is 2.81. The van der Waals surface area contributed by atoms with Crippen LogP contribution in [0, 0.1) is 16.7 Å². The molecule has 4 aromatic rings. The second-order valence-electron chi connectivity index (χ2n) is 8.79. The van der Waals surface area contributed by atoms with Crippen LogP contribution in [0.5, 0.6) is 0 Å². The summed E-state index contributed by atoms with van der Waals surface area (Å²) in [6, 6.07) is 4.30. The lowest BCUT2D eigenvalue weighted by Gasteiger charge is -2.52. The molecule has 0 saturated heterocycles. The first kappa shape index (κ1) is 17.6.